The van der Waals surface area contributed by atoms with Crippen LogP contribution in [-0.2, 0) is 13.0 Å². The van der Waals surface area contributed by atoms with Crippen molar-refractivity contribution in [3.8, 4) is 11.8 Å². The lowest BCUT2D eigenvalue weighted by atomic mass is 10.1. The molecule has 0 bridgehead atoms. The third-order valence-corrected chi connectivity index (χ3v) is 3.83. The van der Waals surface area contributed by atoms with E-state index in [0.717, 1.165) is 31.4 Å². The number of aromatic nitrogens is 1. The molecular formula is C21H26BrN. The van der Waals surface area contributed by atoms with Gasteiger partial charge in [0.25, 0.3) is 0 Å². The third-order valence-electron chi connectivity index (χ3n) is 3.83. The Labute approximate surface area is 151 Å². The highest BCUT2D eigenvalue weighted by Gasteiger charge is 2.04. The van der Waals surface area contributed by atoms with Gasteiger partial charge in [-0.3, -0.25) is 0 Å². The molecule has 0 fully saturated rings. The van der Waals surface area contributed by atoms with Gasteiger partial charge in [-0.05, 0) is 36.6 Å². The van der Waals surface area contributed by atoms with Crippen molar-refractivity contribution in [2.75, 3.05) is 0 Å². The van der Waals surface area contributed by atoms with Gasteiger partial charge < -0.3 is 17.0 Å². The third kappa shape index (κ3) is 6.59. The maximum absolute atomic E-state index is 3.29. The minimum atomic E-state index is 0. The Morgan fingerprint density at radius 3 is 2.43 bits per heavy atom. The number of nitrogens with zero attached hydrogens (tertiary/aromatic N) is 1. The first kappa shape index (κ1) is 19.5. The number of halogens is 1. The summed E-state index contributed by atoms with van der Waals surface area (Å²) in [6.45, 7) is 7.54. The molecule has 0 saturated carbocycles. The molecule has 0 radical (unpaired) electrons. The number of aryl methyl sites for hydroxylation is 4. The molecule has 23 heavy (non-hydrogen) atoms. The molecule has 0 atom stereocenters. The van der Waals surface area contributed by atoms with Gasteiger partial charge in [0.15, 0.2) is 11.9 Å². The lowest BCUT2D eigenvalue weighted by Gasteiger charge is -2.00. The molecule has 0 aliphatic heterocycles. The molecule has 0 saturated heterocycles. The van der Waals surface area contributed by atoms with Crippen molar-refractivity contribution < 1.29 is 21.5 Å². The van der Waals surface area contributed by atoms with Gasteiger partial charge in [-0.25, -0.2) is 4.57 Å². The molecule has 2 rings (SSSR count). The van der Waals surface area contributed by atoms with Crippen LogP contribution in [0.3, 0.4) is 0 Å². The number of hydrogen-bond acceptors (Lipinski definition) is 0. The Hall–Kier alpha value is -1.59. The van der Waals surface area contributed by atoms with Crippen LogP contribution < -0.4 is 21.5 Å². The lowest BCUT2D eigenvalue weighted by Crippen LogP contribution is -3.00. The second-order valence-electron chi connectivity index (χ2n) is 5.89. The van der Waals surface area contributed by atoms with Gasteiger partial charge in [-0.1, -0.05) is 37.3 Å². The molecule has 0 aliphatic rings. The molecule has 1 aromatic heterocycles. The van der Waals surface area contributed by atoms with Crippen molar-refractivity contribution in [2.24, 2.45) is 0 Å². The van der Waals surface area contributed by atoms with E-state index in [9.17, 15) is 0 Å². The molecule has 0 unspecified atom stereocenters. The van der Waals surface area contributed by atoms with Crippen LogP contribution in [0.15, 0.2) is 42.6 Å². The minimum absolute atomic E-state index is 0. The van der Waals surface area contributed by atoms with Crippen LogP contribution in [0.2, 0.25) is 0 Å². The molecule has 0 aliphatic carbocycles. The van der Waals surface area contributed by atoms with Gasteiger partial charge in [0.1, 0.15) is 6.54 Å². The number of pyridine rings is 1. The molecule has 1 heterocycles. The number of hydrogen-bond donors (Lipinski definition) is 0. The summed E-state index contributed by atoms with van der Waals surface area (Å²) in [7, 11) is 0. The predicted octanol–water partition coefficient (Wildman–Crippen LogP) is 1.38. The molecule has 0 amide bonds. The van der Waals surface area contributed by atoms with Crippen molar-refractivity contribution in [3.63, 3.8) is 0 Å². The smallest absolute Gasteiger partial charge is 0.178 e. The first-order chi connectivity index (χ1) is 10.7. The van der Waals surface area contributed by atoms with Crippen LogP contribution in [0.4, 0.5) is 0 Å². The van der Waals surface area contributed by atoms with E-state index in [1.807, 2.05) is 0 Å². The first-order valence-electron chi connectivity index (χ1n) is 8.23. The van der Waals surface area contributed by atoms with Crippen LogP contribution in [0, 0.1) is 25.7 Å². The van der Waals surface area contributed by atoms with Gasteiger partial charge in [-0.2, -0.15) is 0 Å². The largest absolute Gasteiger partial charge is 1.00 e. The highest BCUT2D eigenvalue weighted by molar-refractivity contribution is 5.36. The fourth-order valence-corrected chi connectivity index (χ4v) is 2.58. The average molecular weight is 372 g/mol. The zero-order valence-corrected chi connectivity index (χ0v) is 16.0. The molecule has 1 nitrogen and oxygen atoms in total. The van der Waals surface area contributed by atoms with E-state index >= 15 is 0 Å². The summed E-state index contributed by atoms with van der Waals surface area (Å²) in [5.41, 5.74) is 5.16. The van der Waals surface area contributed by atoms with Crippen molar-refractivity contribution in [3.05, 3.63) is 65.0 Å². The Morgan fingerprint density at radius 2 is 1.78 bits per heavy atom. The maximum Gasteiger partial charge on any atom is 0.178 e. The second kappa shape index (κ2) is 10.2. The zero-order valence-electron chi connectivity index (χ0n) is 14.4. The summed E-state index contributed by atoms with van der Waals surface area (Å²) in [6.07, 6.45) is 6.55. The number of benzene rings is 1. The standard InChI is InChI=1S/C21H26N.BrH/c1-4-8-20-10-12-21(13-11-20)9-6-5-7-15-22-16-14-18(2)17-19(22)3;/h10-14,16-17H,4-5,7-8,15H2,1-3H3;1H/q+1;/p-1. The van der Waals surface area contributed by atoms with E-state index in [1.165, 1.54) is 23.2 Å². The van der Waals surface area contributed by atoms with Crippen molar-refractivity contribution in [1.82, 2.24) is 0 Å². The van der Waals surface area contributed by atoms with Crippen molar-refractivity contribution in [1.29, 1.82) is 0 Å². The number of unbranched alkanes of at least 4 members (excludes halogenated alkanes) is 1. The highest BCUT2D eigenvalue weighted by Crippen LogP contribution is 2.05. The van der Waals surface area contributed by atoms with Crippen LogP contribution in [0.25, 0.3) is 0 Å². The van der Waals surface area contributed by atoms with E-state index in [2.05, 4.69) is 79.8 Å². The highest BCUT2D eigenvalue weighted by atomic mass is 79.9. The monoisotopic (exact) mass is 371 g/mol. The van der Waals surface area contributed by atoms with Crippen LogP contribution >= 0.6 is 0 Å². The maximum atomic E-state index is 3.29. The summed E-state index contributed by atoms with van der Waals surface area (Å²) >= 11 is 0. The van der Waals surface area contributed by atoms with Gasteiger partial charge in [-0.15, -0.1) is 0 Å². The molecule has 1 aromatic carbocycles. The Morgan fingerprint density at radius 1 is 1.04 bits per heavy atom. The molecular weight excluding hydrogens is 346 g/mol. The van der Waals surface area contributed by atoms with Gasteiger partial charge in [0, 0.05) is 37.5 Å². The van der Waals surface area contributed by atoms with Crippen molar-refractivity contribution >= 4 is 0 Å². The zero-order chi connectivity index (χ0) is 15.8. The van der Waals surface area contributed by atoms with Gasteiger partial charge >= 0.3 is 0 Å². The predicted molar refractivity (Wildman–Crippen MR) is 92.7 cm³/mol. The second-order valence-corrected chi connectivity index (χ2v) is 5.89. The Balaban J connectivity index is 0.00000264. The quantitative estimate of drug-likeness (QED) is 0.424. The number of rotatable bonds is 5. The van der Waals surface area contributed by atoms with E-state index in [-0.39, 0.29) is 17.0 Å². The van der Waals surface area contributed by atoms with Gasteiger partial charge in [0.05, 0.1) is 0 Å². The van der Waals surface area contributed by atoms with Crippen LogP contribution in [0.1, 0.15) is 48.6 Å². The molecule has 0 N–H and O–H groups in total. The van der Waals surface area contributed by atoms with Crippen molar-refractivity contribution in [2.45, 2.75) is 53.0 Å². The normalized spacial score (nSPS) is 9.70. The first-order valence-corrected chi connectivity index (χ1v) is 8.23. The molecule has 0 spiro atoms. The SMILES string of the molecule is CCCc1ccc(C#CCCC[n+]2ccc(C)cc2C)cc1.[Br-]. The molecule has 122 valence electrons. The summed E-state index contributed by atoms with van der Waals surface area (Å²) in [4.78, 5) is 0. The van der Waals surface area contributed by atoms with E-state index < -0.39 is 0 Å². The lowest BCUT2D eigenvalue weighted by molar-refractivity contribution is -0.703. The Bertz CT molecular complexity index is 662. The van der Waals surface area contributed by atoms with Gasteiger partial charge in [0.2, 0.25) is 0 Å². The minimum Gasteiger partial charge on any atom is -1.00 e. The topological polar surface area (TPSA) is 3.88 Å². The molecule has 2 heteroatoms. The van der Waals surface area contributed by atoms with Crippen LogP contribution in [0.5, 0.6) is 0 Å². The average Bonchev–Trinajstić information content (AvgIpc) is 2.51. The summed E-state index contributed by atoms with van der Waals surface area (Å²) in [6, 6.07) is 13.0. The summed E-state index contributed by atoms with van der Waals surface area (Å²) in [5.74, 6) is 6.56. The van der Waals surface area contributed by atoms with E-state index in [1.54, 1.807) is 0 Å². The molecule has 2 aromatic rings. The van der Waals surface area contributed by atoms with E-state index in [4.69, 9.17) is 0 Å². The summed E-state index contributed by atoms with van der Waals surface area (Å²) < 4.78 is 2.30. The fraction of sp³-hybridized carbons (Fsp3) is 0.381. The fourth-order valence-electron chi connectivity index (χ4n) is 2.58. The Kier molecular flexibility index (Phi) is 8.66. The van der Waals surface area contributed by atoms with Crippen LogP contribution in [-0.4, -0.2) is 0 Å². The summed E-state index contributed by atoms with van der Waals surface area (Å²) in [5, 5.41) is 0. The van der Waals surface area contributed by atoms with E-state index in [0.29, 0.717) is 0 Å².